The van der Waals surface area contributed by atoms with E-state index in [1.165, 1.54) is 16.7 Å². The maximum Gasteiger partial charge on any atom is 0.220 e. The summed E-state index contributed by atoms with van der Waals surface area (Å²) in [4.78, 5) is 14.8. The number of ether oxygens (including phenoxy) is 1. The summed E-state index contributed by atoms with van der Waals surface area (Å²) in [6.07, 6.45) is 3.67. The SMILES string of the molecule is COc1ccc(CN2CCC(CNC(=O)CCc3ccc(C(C)C)cc3)CC2)cc1. The van der Waals surface area contributed by atoms with E-state index in [0.717, 1.165) is 51.2 Å². The van der Waals surface area contributed by atoms with Gasteiger partial charge in [0, 0.05) is 19.5 Å². The number of benzene rings is 2. The summed E-state index contributed by atoms with van der Waals surface area (Å²) in [6.45, 7) is 8.38. The van der Waals surface area contributed by atoms with Crippen LogP contribution in [-0.4, -0.2) is 37.6 Å². The van der Waals surface area contributed by atoms with E-state index < -0.39 is 0 Å². The van der Waals surface area contributed by atoms with Gasteiger partial charge in [0.05, 0.1) is 7.11 Å². The number of likely N-dealkylation sites (tertiary alicyclic amines) is 1. The molecule has 0 spiro atoms. The second-order valence-corrected chi connectivity index (χ2v) is 8.77. The molecule has 30 heavy (non-hydrogen) atoms. The normalized spacial score (nSPS) is 15.3. The first-order chi connectivity index (χ1) is 14.5. The van der Waals surface area contributed by atoms with E-state index in [-0.39, 0.29) is 5.91 Å². The van der Waals surface area contributed by atoms with Gasteiger partial charge in [0.1, 0.15) is 5.75 Å². The van der Waals surface area contributed by atoms with Crippen LogP contribution in [0.25, 0.3) is 0 Å². The number of carbonyl (C=O) groups is 1. The van der Waals surface area contributed by atoms with Crippen LogP contribution in [0.4, 0.5) is 0 Å². The van der Waals surface area contributed by atoms with Gasteiger partial charge in [-0.15, -0.1) is 0 Å². The molecule has 4 nitrogen and oxygen atoms in total. The highest BCUT2D eigenvalue weighted by Crippen LogP contribution is 2.20. The van der Waals surface area contributed by atoms with Gasteiger partial charge in [0.15, 0.2) is 0 Å². The van der Waals surface area contributed by atoms with Crippen LogP contribution in [0.5, 0.6) is 5.75 Å². The Labute approximate surface area is 181 Å². The van der Waals surface area contributed by atoms with Crippen LogP contribution in [0, 0.1) is 5.92 Å². The monoisotopic (exact) mass is 408 g/mol. The topological polar surface area (TPSA) is 41.6 Å². The minimum absolute atomic E-state index is 0.170. The molecule has 0 unspecified atom stereocenters. The smallest absolute Gasteiger partial charge is 0.220 e. The van der Waals surface area contributed by atoms with Gasteiger partial charge in [0.25, 0.3) is 0 Å². The molecule has 3 rings (SSSR count). The predicted octanol–water partition coefficient (Wildman–Crippen LogP) is 4.78. The molecule has 2 aromatic carbocycles. The second kappa shape index (κ2) is 11.2. The summed E-state index contributed by atoms with van der Waals surface area (Å²) >= 11 is 0. The quantitative estimate of drug-likeness (QED) is 0.649. The highest BCUT2D eigenvalue weighted by Gasteiger charge is 2.19. The van der Waals surface area contributed by atoms with E-state index in [2.05, 4.69) is 60.5 Å². The van der Waals surface area contributed by atoms with E-state index in [9.17, 15) is 4.79 Å². The van der Waals surface area contributed by atoms with E-state index in [0.29, 0.717) is 18.3 Å². The number of carbonyl (C=O) groups excluding carboxylic acids is 1. The van der Waals surface area contributed by atoms with Gasteiger partial charge in [-0.2, -0.15) is 0 Å². The molecule has 0 aliphatic carbocycles. The van der Waals surface area contributed by atoms with Crippen LogP contribution in [0.15, 0.2) is 48.5 Å². The molecule has 0 atom stereocenters. The van der Waals surface area contributed by atoms with Crippen LogP contribution >= 0.6 is 0 Å². The number of nitrogens with zero attached hydrogens (tertiary/aromatic N) is 1. The van der Waals surface area contributed by atoms with Crippen LogP contribution in [0.3, 0.4) is 0 Å². The Morgan fingerprint density at radius 1 is 1.03 bits per heavy atom. The Hall–Kier alpha value is -2.33. The molecule has 1 amide bonds. The zero-order valence-electron chi connectivity index (χ0n) is 18.7. The third kappa shape index (κ3) is 6.88. The first-order valence-corrected chi connectivity index (χ1v) is 11.2. The van der Waals surface area contributed by atoms with E-state index >= 15 is 0 Å². The maximum absolute atomic E-state index is 12.3. The molecule has 0 saturated carbocycles. The molecule has 1 saturated heterocycles. The zero-order valence-corrected chi connectivity index (χ0v) is 18.7. The molecular weight excluding hydrogens is 372 g/mol. The van der Waals surface area contributed by atoms with Crippen molar-refractivity contribution in [2.45, 2.75) is 52.0 Å². The summed E-state index contributed by atoms with van der Waals surface area (Å²) in [5.41, 5.74) is 3.91. The summed E-state index contributed by atoms with van der Waals surface area (Å²) < 4.78 is 5.23. The number of rotatable bonds is 9. The van der Waals surface area contributed by atoms with Gasteiger partial charge in [-0.25, -0.2) is 0 Å². The van der Waals surface area contributed by atoms with Crippen molar-refractivity contribution in [1.29, 1.82) is 0 Å². The highest BCUT2D eigenvalue weighted by molar-refractivity contribution is 5.76. The summed E-state index contributed by atoms with van der Waals surface area (Å²) in [6, 6.07) is 17.0. The van der Waals surface area contributed by atoms with Gasteiger partial charge < -0.3 is 10.1 Å². The lowest BCUT2D eigenvalue weighted by Gasteiger charge is -2.32. The molecule has 2 aromatic rings. The van der Waals surface area contributed by atoms with Crippen molar-refractivity contribution in [2.75, 3.05) is 26.7 Å². The zero-order chi connectivity index (χ0) is 21.3. The molecule has 1 aliphatic heterocycles. The van der Waals surface area contributed by atoms with Crippen molar-refractivity contribution in [1.82, 2.24) is 10.2 Å². The number of methoxy groups -OCH3 is 1. The molecule has 0 aromatic heterocycles. The summed E-state index contributed by atoms with van der Waals surface area (Å²) in [5, 5.41) is 3.16. The lowest BCUT2D eigenvalue weighted by atomic mass is 9.96. The fraction of sp³-hybridized carbons (Fsp3) is 0.500. The molecule has 0 radical (unpaired) electrons. The summed E-state index contributed by atoms with van der Waals surface area (Å²) in [7, 11) is 1.70. The van der Waals surface area contributed by atoms with E-state index in [4.69, 9.17) is 4.74 Å². The Kier molecular flexibility index (Phi) is 8.32. The maximum atomic E-state index is 12.3. The van der Waals surface area contributed by atoms with Crippen molar-refractivity contribution >= 4 is 5.91 Å². The Morgan fingerprint density at radius 3 is 2.27 bits per heavy atom. The molecule has 162 valence electrons. The largest absolute Gasteiger partial charge is 0.497 e. The average Bonchev–Trinajstić information content (AvgIpc) is 2.78. The van der Waals surface area contributed by atoms with Crippen LogP contribution in [0.2, 0.25) is 0 Å². The molecule has 1 heterocycles. The number of hydrogen-bond donors (Lipinski definition) is 1. The van der Waals surface area contributed by atoms with Gasteiger partial charge >= 0.3 is 0 Å². The van der Waals surface area contributed by atoms with Crippen molar-refractivity contribution in [2.24, 2.45) is 5.92 Å². The Bertz CT molecular complexity index is 776. The number of hydrogen-bond acceptors (Lipinski definition) is 3. The van der Waals surface area contributed by atoms with Crippen LogP contribution in [0.1, 0.15) is 55.7 Å². The minimum Gasteiger partial charge on any atom is -0.497 e. The minimum atomic E-state index is 0.170. The van der Waals surface area contributed by atoms with Gasteiger partial charge in [-0.1, -0.05) is 50.2 Å². The van der Waals surface area contributed by atoms with Crippen LogP contribution < -0.4 is 10.1 Å². The predicted molar refractivity (Wildman–Crippen MR) is 123 cm³/mol. The lowest BCUT2D eigenvalue weighted by Crippen LogP contribution is -2.38. The van der Waals surface area contributed by atoms with Gasteiger partial charge in [0.2, 0.25) is 5.91 Å². The van der Waals surface area contributed by atoms with Gasteiger partial charge in [-0.3, -0.25) is 9.69 Å². The Balaban J connectivity index is 1.32. The van der Waals surface area contributed by atoms with E-state index in [1.807, 2.05) is 12.1 Å². The van der Waals surface area contributed by atoms with Crippen molar-refractivity contribution < 1.29 is 9.53 Å². The van der Waals surface area contributed by atoms with Crippen LogP contribution in [-0.2, 0) is 17.8 Å². The number of piperidine rings is 1. The Morgan fingerprint density at radius 2 is 1.67 bits per heavy atom. The number of nitrogens with one attached hydrogen (secondary N) is 1. The molecule has 0 bridgehead atoms. The molecule has 1 aliphatic rings. The average molecular weight is 409 g/mol. The fourth-order valence-electron chi connectivity index (χ4n) is 4.01. The third-order valence-electron chi connectivity index (χ3n) is 6.15. The van der Waals surface area contributed by atoms with Gasteiger partial charge in [-0.05, 0) is 73.0 Å². The van der Waals surface area contributed by atoms with Crippen molar-refractivity contribution in [3.63, 3.8) is 0 Å². The standard InChI is InChI=1S/C26H36N2O2/c1-20(2)24-9-4-21(5-10-24)8-13-26(29)27-18-22-14-16-28(17-15-22)19-23-6-11-25(30-3)12-7-23/h4-7,9-12,20,22H,8,13-19H2,1-3H3,(H,27,29). The first-order valence-electron chi connectivity index (χ1n) is 11.2. The lowest BCUT2D eigenvalue weighted by molar-refractivity contribution is -0.121. The molecule has 4 heteroatoms. The molecule has 1 fully saturated rings. The number of amides is 1. The third-order valence-corrected chi connectivity index (χ3v) is 6.15. The van der Waals surface area contributed by atoms with E-state index in [1.54, 1.807) is 7.11 Å². The van der Waals surface area contributed by atoms with Crippen molar-refractivity contribution in [3.05, 3.63) is 65.2 Å². The second-order valence-electron chi connectivity index (χ2n) is 8.77. The van der Waals surface area contributed by atoms with Crippen molar-refractivity contribution in [3.8, 4) is 5.75 Å². The fourth-order valence-corrected chi connectivity index (χ4v) is 4.01. The highest BCUT2D eigenvalue weighted by atomic mass is 16.5. The molecular formula is C26H36N2O2. The first kappa shape index (κ1) is 22.4. The summed E-state index contributed by atoms with van der Waals surface area (Å²) in [5.74, 6) is 2.21. The number of aryl methyl sites for hydroxylation is 1. The molecule has 1 N–H and O–H groups in total.